The van der Waals surface area contributed by atoms with Crippen LogP contribution in [0.2, 0.25) is 0 Å². The third-order valence-electron chi connectivity index (χ3n) is 3.41. The summed E-state index contributed by atoms with van der Waals surface area (Å²) in [5.74, 6) is 0. The molecule has 3 nitrogen and oxygen atoms in total. The van der Waals surface area contributed by atoms with Crippen LogP contribution in [0, 0.1) is 0 Å². The first-order valence-corrected chi connectivity index (χ1v) is 6.28. The van der Waals surface area contributed by atoms with E-state index >= 15 is 0 Å². The molecular weight excluding hydrogens is 188 g/mol. The second-order valence-electron chi connectivity index (χ2n) is 4.36. The number of hydrogen-bond acceptors (Lipinski definition) is 3. The molecule has 0 bridgehead atoms. The van der Waals surface area contributed by atoms with Crippen LogP contribution in [0.4, 0.5) is 0 Å². The molecule has 1 aliphatic rings. The van der Waals surface area contributed by atoms with E-state index in [2.05, 4.69) is 24.1 Å². The number of ether oxygens (including phenoxy) is 1. The van der Waals surface area contributed by atoms with Crippen molar-refractivity contribution in [2.45, 2.75) is 45.3 Å². The Balaban J connectivity index is 1.89. The largest absolute Gasteiger partial charge is 0.381 e. The summed E-state index contributed by atoms with van der Waals surface area (Å²) in [5.41, 5.74) is 0. The van der Waals surface area contributed by atoms with E-state index in [1.54, 1.807) is 7.11 Å². The van der Waals surface area contributed by atoms with Crippen LogP contribution in [-0.2, 0) is 4.74 Å². The van der Waals surface area contributed by atoms with Gasteiger partial charge in [0, 0.05) is 13.2 Å². The van der Waals surface area contributed by atoms with E-state index in [0.717, 1.165) is 6.54 Å². The highest BCUT2D eigenvalue weighted by Gasteiger charge is 2.27. The minimum atomic E-state index is 0.519. The second kappa shape index (κ2) is 7.20. The monoisotopic (exact) mass is 214 g/mol. The Morgan fingerprint density at radius 1 is 1.27 bits per heavy atom. The van der Waals surface area contributed by atoms with Crippen LogP contribution in [0.3, 0.4) is 0 Å². The molecule has 0 heterocycles. The fraction of sp³-hybridized carbons (Fsp3) is 1.00. The predicted octanol–water partition coefficient (Wildman–Crippen LogP) is 1.49. The molecule has 1 saturated carbocycles. The molecule has 1 N–H and O–H groups in total. The lowest BCUT2D eigenvalue weighted by Gasteiger charge is -2.35. The first-order chi connectivity index (χ1) is 7.30. The van der Waals surface area contributed by atoms with Gasteiger partial charge in [-0.25, -0.2) is 0 Å². The number of methoxy groups -OCH3 is 1. The minimum absolute atomic E-state index is 0.519. The van der Waals surface area contributed by atoms with Crippen molar-refractivity contribution >= 4 is 0 Å². The maximum Gasteiger partial charge on any atom is 0.0601 e. The van der Waals surface area contributed by atoms with Gasteiger partial charge in [0.05, 0.1) is 6.10 Å². The summed E-state index contributed by atoms with van der Waals surface area (Å²) in [6, 6.07) is 0.714. The van der Waals surface area contributed by atoms with Crippen molar-refractivity contribution in [1.82, 2.24) is 10.2 Å². The van der Waals surface area contributed by atoms with Crippen LogP contribution in [0.15, 0.2) is 0 Å². The standard InChI is InChI=1S/C12H26N2O/c1-4-14(5-2)8-6-7-13-11-9-12(10-11)15-3/h11-13H,4-10H2,1-3H3. The zero-order chi connectivity index (χ0) is 11.1. The minimum Gasteiger partial charge on any atom is -0.381 e. The third kappa shape index (κ3) is 4.49. The molecule has 1 fully saturated rings. The summed E-state index contributed by atoms with van der Waals surface area (Å²) in [5, 5.41) is 3.58. The molecule has 0 aromatic heterocycles. The molecule has 0 saturated heterocycles. The van der Waals surface area contributed by atoms with Crippen LogP contribution in [0.5, 0.6) is 0 Å². The van der Waals surface area contributed by atoms with E-state index in [0.29, 0.717) is 12.1 Å². The molecule has 1 rings (SSSR count). The second-order valence-corrected chi connectivity index (χ2v) is 4.36. The first-order valence-electron chi connectivity index (χ1n) is 6.28. The van der Waals surface area contributed by atoms with Crippen molar-refractivity contribution in [2.75, 3.05) is 33.3 Å². The van der Waals surface area contributed by atoms with E-state index in [1.807, 2.05) is 0 Å². The van der Waals surface area contributed by atoms with Crippen LogP contribution in [0.25, 0.3) is 0 Å². The topological polar surface area (TPSA) is 24.5 Å². The Morgan fingerprint density at radius 3 is 2.47 bits per heavy atom. The molecule has 0 amide bonds. The van der Waals surface area contributed by atoms with E-state index < -0.39 is 0 Å². The van der Waals surface area contributed by atoms with E-state index in [9.17, 15) is 0 Å². The summed E-state index contributed by atoms with van der Waals surface area (Å²) in [6.07, 6.45) is 4.17. The molecular formula is C12H26N2O. The first kappa shape index (κ1) is 12.9. The van der Waals surface area contributed by atoms with Gasteiger partial charge in [0.15, 0.2) is 0 Å². The quantitative estimate of drug-likeness (QED) is 0.620. The van der Waals surface area contributed by atoms with Crippen molar-refractivity contribution in [1.29, 1.82) is 0 Å². The highest BCUT2D eigenvalue weighted by atomic mass is 16.5. The number of nitrogens with one attached hydrogen (secondary N) is 1. The fourth-order valence-electron chi connectivity index (χ4n) is 2.07. The highest BCUT2D eigenvalue weighted by Crippen LogP contribution is 2.22. The molecule has 0 aromatic carbocycles. The van der Waals surface area contributed by atoms with E-state index in [4.69, 9.17) is 4.74 Å². The van der Waals surface area contributed by atoms with Crippen LogP contribution in [-0.4, -0.2) is 50.3 Å². The third-order valence-corrected chi connectivity index (χ3v) is 3.41. The summed E-state index contributed by atoms with van der Waals surface area (Å²) >= 11 is 0. The van der Waals surface area contributed by atoms with Crippen LogP contribution in [0.1, 0.15) is 33.1 Å². The number of nitrogens with zero attached hydrogens (tertiary/aromatic N) is 1. The average Bonchev–Trinajstić information content (AvgIpc) is 2.21. The predicted molar refractivity (Wildman–Crippen MR) is 64.2 cm³/mol. The molecule has 90 valence electrons. The van der Waals surface area contributed by atoms with Crippen molar-refractivity contribution in [3.05, 3.63) is 0 Å². The average molecular weight is 214 g/mol. The summed E-state index contributed by atoms with van der Waals surface area (Å²) in [4.78, 5) is 2.47. The zero-order valence-electron chi connectivity index (χ0n) is 10.5. The van der Waals surface area contributed by atoms with Crippen molar-refractivity contribution in [2.24, 2.45) is 0 Å². The summed E-state index contributed by atoms with van der Waals surface area (Å²) < 4.78 is 5.25. The zero-order valence-corrected chi connectivity index (χ0v) is 10.5. The Morgan fingerprint density at radius 2 is 1.93 bits per heavy atom. The normalized spacial score (nSPS) is 25.6. The highest BCUT2D eigenvalue weighted by molar-refractivity contribution is 4.85. The van der Waals surface area contributed by atoms with Gasteiger partial charge in [-0.05, 0) is 45.4 Å². The SMILES string of the molecule is CCN(CC)CCCNC1CC(OC)C1. The van der Waals surface area contributed by atoms with E-state index in [1.165, 1.54) is 38.9 Å². The number of hydrogen-bond donors (Lipinski definition) is 1. The van der Waals surface area contributed by atoms with Gasteiger partial charge >= 0.3 is 0 Å². The Bertz CT molecular complexity index is 154. The maximum atomic E-state index is 5.25. The van der Waals surface area contributed by atoms with Gasteiger partial charge in [-0.2, -0.15) is 0 Å². The Hall–Kier alpha value is -0.120. The Kier molecular flexibility index (Phi) is 6.22. The van der Waals surface area contributed by atoms with Gasteiger partial charge in [0.25, 0.3) is 0 Å². The summed E-state index contributed by atoms with van der Waals surface area (Å²) in [6.45, 7) is 9.17. The maximum absolute atomic E-state index is 5.25. The lowest BCUT2D eigenvalue weighted by Crippen LogP contribution is -2.45. The van der Waals surface area contributed by atoms with Gasteiger partial charge in [0.2, 0.25) is 0 Å². The van der Waals surface area contributed by atoms with Gasteiger partial charge in [-0.3, -0.25) is 0 Å². The lowest BCUT2D eigenvalue weighted by molar-refractivity contribution is 0.0174. The van der Waals surface area contributed by atoms with Crippen LogP contribution >= 0.6 is 0 Å². The van der Waals surface area contributed by atoms with Crippen LogP contribution < -0.4 is 5.32 Å². The van der Waals surface area contributed by atoms with Gasteiger partial charge < -0.3 is 15.0 Å². The van der Waals surface area contributed by atoms with E-state index in [-0.39, 0.29) is 0 Å². The lowest BCUT2D eigenvalue weighted by atomic mass is 9.89. The molecule has 3 heteroatoms. The molecule has 0 radical (unpaired) electrons. The molecule has 0 aromatic rings. The smallest absolute Gasteiger partial charge is 0.0601 e. The molecule has 0 aliphatic heterocycles. The van der Waals surface area contributed by atoms with Crippen molar-refractivity contribution < 1.29 is 4.74 Å². The molecule has 0 atom stereocenters. The van der Waals surface area contributed by atoms with Gasteiger partial charge in [0.1, 0.15) is 0 Å². The number of rotatable bonds is 8. The van der Waals surface area contributed by atoms with Crippen molar-refractivity contribution in [3.8, 4) is 0 Å². The fourth-order valence-corrected chi connectivity index (χ4v) is 2.07. The van der Waals surface area contributed by atoms with Crippen molar-refractivity contribution in [3.63, 3.8) is 0 Å². The molecule has 0 unspecified atom stereocenters. The summed E-state index contributed by atoms with van der Waals surface area (Å²) in [7, 11) is 1.81. The Labute approximate surface area is 94.2 Å². The van der Waals surface area contributed by atoms with Gasteiger partial charge in [-0.1, -0.05) is 13.8 Å². The molecule has 15 heavy (non-hydrogen) atoms. The molecule has 1 aliphatic carbocycles. The molecule has 0 spiro atoms. The van der Waals surface area contributed by atoms with Gasteiger partial charge in [-0.15, -0.1) is 0 Å².